The van der Waals surface area contributed by atoms with Crippen LogP contribution < -0.4 is 10.0 Å². The van der Waals surface area contributed by atoms with E-state index in [0.29, 0.717) is 25.4 Å². The van der Waals surface area contributed by atoms with E-state index in [1.807, 2.05) is 36.2 Å². The van der Waals surface area contributed by atoms with Gasteiger partial charge in [0.15, 0.2) is 6.10 Å². The smallest absolute Gasteiger partial charge is 0.344 e. The second-order valence-corrected chi connectivity index (χ2v) is 9.27. The lowest BCUT2D eigenvalue weighted by Gasteiger charge is -2.34. The summed E-state index contributed by atoms with van der Waals surface area (Å²) in [6.07, 6.45) is 4.51. The molecule has 6 nitrogen and oxygen atoms in total. The zero-order chi connectivity index (χ0) is 24.7. The van der Waals surface area contributed by atoms with Crippen LogP contribution in [0.1, 0.15) is 44.2 Å². The molecule has 2 amide bonds. The number of carbonyl (C=O) groups is 2. The Balaban J connectivity index is 1.62. The summed E-state index contributed by atoms with van der Waals surface area (Å²) in [7, 11) is 2.50. The van der Waals surface area contributed by atoms with Gasteiger partial charge in [-0.2, -0.15) is 0 Å². The van der Waals surface area contributed by atoms with E-state index in [1.165, 1.54) is 24.6 Å². The molecule has 2 atom stereocenters. The molecule has 2 aromatic carbocycles. The fourth-order valence-corrected chi connectivity index (χ4v) is 4.36. The first-order valence-electron chi connectivity index (χ1n) is 11.5. The van der Waals surface area contributed by atoms with E-state index >= 15 is 0 Å². The van der Waals surface area contributed by atoms with Crippen LogP contribution in [-0.2, 0) is 17.8 Å². The van der Waals surface area contributed by atoms with Gasteiger partial charge in [0.2, 0.25) is 0 Å². The van der Waals surface area contributed by atoms with Gasteiger partial charge < -0.3 is 14.7 Å². The quantitative estimate of drug-likeness (QED) is 0.466. The van der Waals surface area contributed by atoms with E-state index in [0.717, 1.165) is 42.1 Å². The van der Waals surface area contributed by atoms with Gasteiger partial charge in [-0.05, 0) is 84.9 Å². The summed E-state index contributed by atoms with van der Waals surface area (Å²) in [6.45, 7) is 5.17. The molecule has 0 radical (unpaired) electrons. The minimum atomic E-state index is -0.999. The fraction of sp³-hybridized carbons (Fsp3) is 0.385. The molecule has 0 spiro atoms. The van der Waals surface area contributed by atoms with Crippen molar-refractivity contribution >= 4 is 26.5 Å². The molecule has 3 rings (SSSR count). The number of benzene rings is 2. The number of rotatable bonds is 11. The van der Waals surface area contributed by atoms with Crippen LogP contribution in [0.4, 0.5) is 9.18 Å². The first-order valence-corrected chi connectivity index (χ1v) is 12.1. The molecule has 1 aliphatic heterocycles. The second-order valence-electron chi connectivity index (χ2n) is 8.61. The molecule has 0 bridgehead atoms. The number of carboxylic acid groups (broad SMARTS) is 1. The number of aliphatic carboxylic acids is 1. The van der Waals surface area contributed by atoms with Crippen molar-refractivity contribution in [3.05, 3.63) is 71.2 Å². The van der Waals surface area contributed by atoms with Gasteiger partial charge >= 0.3 is 12.0 Å². The van der Waals surface area contributed by atoms with Gasteiger partial charge in [0.25, 0.3) is 0 Å². The van der Waals surface area contributed by atoms with Crippen molar-refractivity contribution in [3.8, 4) is 5.75 Å². The summed E-state index contributed by atoms with van der Waals surface area (Å²) in [5, 5.41) is 9.71. The molecule has 0 saturated heterocycles. The van der Waals surface area contributed by atoms with Crippen molar-refractivity contribution in [3.63, 3.8) is 0 Å². The maximum Gasteiger partial charge on any atom is 0.344 e. The Labute approximate surface area is 202 Å². The summed E-state index contributed by atoms with van der Waals surface area (Å²) < 4.78 is 19.2. The number of aryl methyl sites for hydroxylation is 1. The van der Waals surface area contributed by atoms with Crippen molar-refractivity contribution in [1.82, 2.24) is 9.80 Å². The molecule has 0 saturated carbocycles. The Morgan fingerprint density at radius 1 is 1.18 bits per heavy atom. The SMILES string of the molecule is CCCN1CC(CCCc2ccc(OC(C)C(=O)O)cc2)=CN(Cc2cc(F)cc(P)c2)C1=O. The van der Waals surface area contributed by atoms with Crippen molar-refractivity contribution in [2.45, 2.75) is 52.2 Å². The minimum Gasteiger partial charge on any atom is -0.479 e. The lowest BCUT2D eigenvalue weighted by Crippen LogP contribution is -2.45. The summed E-state index contributed by atoms with van der Waals surface area (Å²) in [5.41, 5.74) is 3.07. The number of ether oxygens (including phenoxy) is 1. The normalized spacial score (nSPS) is 14.7. The van der Waals surface area contributed by atoms with E-state index in [-0.39, 0.29) is 11.8 Å². The molecular formula is C26H32FN2O4P. The van der Waals surface area contributed by atoms with Crippen LogP contribution in [0.2, 0.25) is 0 Å². The Morgan fingerprint density at radius 3 is 2.56 bits per heavy atom. The minimum absolute atomic E-state index is 0.0497. The van der Waals surface area contributed by atoms with Crippen molar-refractivity contribution in [2.75, 3.05) is 13.1 Å². The number of hydrogen-bond donors (Lipinski definition) is 1. The molecule has 34 heavy (non-hydrogen) atoms. The standard InChI is InChI=1S/C26H32FN2O4P/c1-3-11-28-15-20(16-29(26(28)32)17-21-12-22(27)14-24(34)13-21)6-4-5-19-7-9-23(10-8-19)33-18(2)25(30)31/h7-10,12-14,16,18H,3-6,11,15,17,34H2,1-2H3,(H,30,31). The van der Waals surface area contributed by atoms with Crippen LogP contribution in [-0.4, -0.2) is 46.1 Å². The third-order valence-corrected chi connectivity index (χ3v) is 5.96. The molecule has 2 unspecified atom stereocenters. The number of halogens is 1. The lowest BCUT2D eigenvalue weighted by atomic mass is 10.0. The van der Waals surface area contributed by atoms with Gasteiger partial charge in [-0.25, -0.2) is 14.0 Å². The van der Waals surface area contributed by atoms with E-state index in [9.17, 15) is 14.0 Å². The van der Waals surface area contributed by atoms with Crippen molar-refractivity contribution in [2.24, 2.45) is 0 Å². The van der Waals surface area contributed by atoms with Crippen LogP contribution >= 0.6 is 9.24 Å². The number of hydrogen-bond acceptors (Lipinski definition) is 3. The fourth-order valence-electron chi connectivity index (χ4n) is 3.98. The topological polar surface area (TPSA) is 70.1 Å². The number of nitrogens with zero attached hydrogens (tertiary/aromatic N) is 2. The molecular weight excluding hydrogens is 454 g/mol. The van der Waals surface area contributed by atoms with Crippen LogP contribution in [0, 0.1) is 5.82 Å². The highest BCUT2D eigenvalue weighted by Crippen LogP contribution is 2.22. The van der Waals surface area contributed by atoms with Crippen molar-refractivity contribution in [1.29, 1.82) is 0 Å². The van der Waals surface area contributed by atoms with E-state index in [4.69, 9.17) is 9.84 Å². The lowest BCUT2D eigenvalue weighted by molar-refractivity contribution is -0.144. The van der Waals surface area contributed by atoms with Crippen molar-refractivity contribution < 1.29 is 23.8 Å². The van der Waals surface area contributed by atoms with E-state index < -0.39 is 12.1 Å². The van der Waals surface area contributed by atoms with E-state index in [1.54, 1.807) is 17.0 Å². The number of urea groups is 1. The monoisotopic (exact) mass is 486 g/mol. The number of carbonyl (C=O) groups excluding carboxylic acids is 1. The maximum absolute atomic E-state index is 13.8. The summed E-state index contributed by atoms with van der Waals surface area (Å²) >= 11 is 0. The number of carboxylic acids is 1. The van der Waals surface area contributed by atoms with Gasteiger partial charge in [-0.15, -0.1) is 9.24 Å². The molecule has 1 aliphatic rings. The summed E-state index contributed by atoms with van der Waals surface area (Å²) in [4.78, 5) is 27.4. The Hall–Kier alpha value is -2.92. The maximum atomic E-state index is 13.8. The average molecular weight is 487 g/mol. The Morgan fingerprint density at radius 2 is 1.91 bits per heavy atom. The Kier molecular flexibility index (Phi) is 9.05. The highest BCUT2D eigenvalue weighted by atomic mass is 31.0. The van der Waals surface area contributed by atoms with Gasteiger partial charge in [-0.1, -0.05) is 19.1 Å². The van der Waals surface area contributed by atoms with Gasteiger partial charge in [0.1, 0.15) is 11.6 Å². The molecule has 1 N–H and O–H groups in total. The number of amides is 2. The van der Waals surface area contributed by atoms with Gasteiger partial charge in [0, 0.05) is 19.3 Å². The van der Waals surface area contributed by atoms with Gasteiger partial charge in [-0.3, -0.25) is 4.90 Å². The summed E-state index contributed by atoms with van der Waals surface area (Å²) in [6, 6.07) is 12.2. The highest BCUT2D eigenvalue weighted by Gasteiger charge is 2.25. The first kappa shape index (κ1) is 25.7. The average Bonchev–Trinajstić information content (AvgIpc) is 2.77. The molecule has 0 fully saturated rings. The predicted molar refractivity (Wildman–Crippen MR) is 134 cm³/mol. The summed E-state index contributed by atoms with van der Waals surface area (Å²) in [5.74, 6) is -0.778. The van der Waals surface area contributed by atoms with Crippen LogP contribution in [0.15, 0.2) is 54.2 Å². The molecule has 0 aromatic heterocycles. The van der Waals surface area contributed by atoms with Crippen LogP contribution in [0.3, 0.4) is 0 Å². The van der Waals surface area contributed by atoms with E-state index in [2.05, 4.69) is 9.24 Å². The zero-order valence-electron chi connectivity index (χ0n) is 19.7. The zero-order valence-corrected chi connectivity index (χ0v) is 20.8. The first-order chi connectivity index (χ1) is 16.2. The molecule has 1 heterocycles. The predicted octanol–water partition coefficient (Wildman–Crippen LogP) is 4.73. The molecule has 0 aliphatic carbocycles. The third kappa shape index (κ3) is 7.29. The highest BCUT2D eigenvalue weighted by molar-refractivity contribution is 7.27. The molecule has 182 valence electrons. The second kappa shape index (κ2) is 12.0. The van der Waals surface area contributed by atoms with Gasteiger partial charge in [0.05, 0.1) is 6.54 Å². The molecule has 8 heteroatoms. The van der Waals surface area contributed by atoms with Crippen LogP contribution in [0.25, 0.3) is 0 Å². The third-order valence-electron chi connectivity index (χ3n) is 5.62. The Bertz CT molecular complexity index is 1020. The molecule has 2 aromatic rings. The van der Waals surface area contributed by atoms with Crippen LogP contribution in [0.5, 0.6) is 5.75 Å². The largest absolute Gasteiger partial charge is 0.479 e.